The van der Waals surface area contributed by atoms with Gasteiger partial charge in [-0.3, -0.25) is 9.80 Å². The molecule has 0 atom stereocenters. The molecule has 4 rings (SSSR count). The first kappa shape index (κ1) is 23.2. The normalized spacial score (nSPS) is 14.4. The fraction of sp³-hybridized carbons (Fsp3) is 0.280. The molecule has 1 aliphatic heterocycles. The number of para-hydroxylation sites is 1. The van der Waals surface area contributed by atoms with Gasteiger partial charge in [0.25, 0.3) is 0 Å². The minimum Gasteiger partial charge on any atom is -0.496 e. The Labute approximate surface area is 187 Å². The predicted octanol–water partition coefficient (Wildman–Crippen LogP) is 3.32. The van der Waals surface area contributed by atoms with Gasteiger partial charge in [0.05, 0.1) is 7.11 Å². The van der Waals surface area contributed by atoms with Crippen molar-refractivity contribution >= 4 is 22.7 Å². The molecule has 7 heteroatoms. The van der Waals surface area contributed by atoms with Crippen molar-refractivity contribution in [1.82, 2.24) is 9.80 Å². The summed E-state index contributed by atoms with van der Waals surface area (Å²) in [5.41, 5.74) is 2.68. The van der Waals surface area contributed by atoms with Crippen molar-refractivity contribution in [3.63, 3.8) is 0 Å². The molecule has 0 spiro atoms. The fourth-order valence-electron chi connectivity index (χ4n) is 3.78. The summed E-state index contributed by atoms with van der Waals surface area (Å²) in [6, 6.07) is 23.8. The molecule has 0 unspecified atom stereocenters. The molecule has 0 bridgehead atoms. The highest BCUT2D eigenvalue weighted by Crippen LogP contribution is 2.21. The zero-order chi connectivity index (χ0) is 22.9. The molecule has 3 aromatic rings. The first-order valence-electron chi connectivity index (χ1n) is 10.5. The summed E-state index contributed by atoms with van der Waals surface area (Å²) in [5, 5.41) is 17.4. The van der Waals surface area contributed by atoms with Gasteiger partial charge >= 0.3 is 11.9 Å². The van der Waals surface area contributed by atoms with Crippen molar-refractivity contribution < 1.29 is 24.5 Å². The van der Waals surface area contributed by atoms with Crippen LogP contribution in [0.5, 0.6) is 5.75 Å². The molecule has 0 aliphatic carbocycles. The SMILES string of the molecule is COc1ccccc1CN1CCN(Cc2ccc3ccccc3c2)CC1.O=C(O)C(=O)O. The van der Waals surface area contributed by atoms with Crippen molar-refractivity contribution in [2.24, 2.45) is 0 Å². The molecule has 3 aromatic carbocycles. The maximum absolute atomic E-state index is 9.10. The Bertz CT molecular complexity index is 1050. The monoisotopic (exact) mass is 436 g/mol. The van der Waals surface area contributed by atoms with Gasteiger partial charge in [0.15, 0.2) is 0 Å². The lowest BCUT2D eigenvalue weighted by Crippen LogP contribution is -2.45. The van der Waals surface area contributed by atoms with E-state index in [1.807, 2.05) is 12.1 Å². The molecule has 7 nitrogen and oxygen atoms in total. The van der Waals surface area contributed by atoms with E-state index in [1.165, 1.54) is 21.9 Å². The van der Waals surface area contributed by atoms with Crippen molar-refractivity contribution in [2.75, 3.05) is 33.3 Å². The van der Waals surface area contributed by atoms with E-state index in [9.17, 15) is 0 Å². The number of benzene rings is 3. The second-order valence-electron chi connectivity index (χ2n) is 7.66. The summed E-state index contributed by atoms with van der Waals surface area (Å²) in [4.78, 5) is 23.3. The zero-order valence-electron chi connectivity index (χ0n) is 18.1. The maximum atomic E-state index is 9.10. The molecule has 0 aromatic heterocycles. The summed E-state index contributed by atoms with van der Waals surface area (Å²) in [6.07, 6.45) is 0. The van der Waals surface area contributed by atoms with E-state index in [0.717, 1.165) is 45.0 Å². The molecular weight excluding hydrogens is 408 g/mol. The average Bonchev–Trinajstić information content (AvgIpc) is 2.81. The molecule has 1 fully saturated rings. The van der Waals surface area contributed by atoms with Crippen LogP contribution in [-0.4, -0.2) is 65.2 Å². The zero-order valence-corrected chi connectivity index (χ0v) is 18.1. The topological polar surface area (TPSA) is 90.3 Å². The first-order valence-corrected chi connectivity index (χ1v) is 10.5. The number of hydrogen-bond acceptors (Lipinski definition) is 5. The number of hydrogen-bond donors (Lipinski definition) is 2. The third-order valence-electron chi connectivity index (χ3n) is 5.45. The van der Waals surface area contributed by atoms with E-state index >= 15 is 0 Å². The van der Waals surface area contributed by atoms with E-state index in [1.54, 1.807) is 7.11 Å². The highest BCUT2D eigenvalue weighted by Gasteiger charge is 2.18. The minimum atomic E-state index is -1.82. The Morgan fingerprint density at radius 2 is 1.34 bits per heavy atom. The predicted molar refractivity (Wildman–Crippen MR) is 123 cm³/mol. The summed E-state index contributed by atoms with van der Waals surface area (Å²) >= 11 is 0. The molecule has 1 aliphatic rings. The van der Waals surface area contributed by atoms with Gasteiger partial charge in [0.2, 0.25) is 0 Å². The van der Waals surface area contributed by atoms with Gasteiger partial charge in [0, 0.05) is 44.8 Å². The van der Waals surface area contributed by atoms with E-state index in [2.05, 4.69) is 64.4 Å². The van der Waals surface area contributed by atoms with E-state index in [4.69, 9.17) is 24.5 Å². The third-order valence-corrected chi connectivity index (χ3v) is 5.45. The molecule has 2 N–H and O–H groups in total. The summed E-state index contributed by atoms with van der Waals surface area (Å²) < 4.78 is 5.49. The molecule has 32 heavy (non-hydrogen) atoms. The van der Waals surface area contributed by atoms with Crippen LogP contribution in [0.4, 0.5) is 0 Å². The summed E-state index contributed by atoms with van der Waals surface area (Å²) in [5.74, 6) is -2.66. The average molecular weight is 437 g/mol. The fourth-order valence-corrected chi connectivity index (χ4v) is 3.78. The van der Waals surface area contributed by atoms with Crippen LogP contribution in [0.3, 0.4) is 0 Å². The number of carbonyl (C=O) groups is 2. The molecule has 1 saturated heterocycles. The lowest BCUT2D eigenvalue weighted by atomic mass is 10.1. The van der Waals surface area contributed by atoms with Crippen molar-refractivity contribution in [1.29, 1.82) is 0 Å². The van der Waals surface area contributed by atoms with E-state index < -0.39 is 11.9 Å². The number of fused-ring (bicyclic) bond motifs is 1. The van der Waals surface area contributed by atoms with Gasteiger partial charge in [0.1, 0.15) is 5.75 Å². The Kier molecular flexibility index (Phi) is 8.19. The van der Waals surface area contributed by atoms with Crippen LogP contribution in [0.25, 0.3) is 10.8 Å². The second-order valence-corrected chi connectivity index (χ2v) is 7.66. The second kappa shape index (κ2) is 11.3. The number of rotatable bonds is 5. The standard InChI is InChI=1S/C23H26N2O.C2H2O4/c1-26-23-9-5-4-8-22(23)18-25-14-12-24(13-15-25)17-19-10-11-20-6-2-3-7-21(20)16-19;3-1(4)2(5)6/h2-11,16H,12-15,17-18H2,1H3;(H,3,4)(H,5,6). The van der Waals surface area contributed by atoms with Crippen molar-refractivity contribution in [2.45, 2.75) is 13.1 Å². The smallest absolute Gasteiger partial charge is 0.414 e. The number of piperazine rings is 1. The summed E-state index contributed by atoms with van der Waals surface area (Å²) in [7, 11) is 1.75. The molecule has 0 saturated carbocycles. The lowest BCUT2D eigenvalue weighted by Gasteiger charge is -2.35. The third kappa shape index (κ3) is 6.54. The number of nitrogens with zero attached hydrogens (tertiary/aromatic N) is 2. The molecule has 0 radical (unpaired) electrons. The van der Waals surface area contributed by atoms with E-state index in [0.29, 0.717) is 0 Å². The maximum Gasteiger partial charge on any atom is 0.414 e. The van der Waals surface area contributed by atoms with Crippen LogP contribution in [0.1, 0.15) is 11.1 Å². The molecular formula is C25H28N2O5. The lowest BCUT2D eigenvalue weighted by molar-refractivity contribution is -0.159. The Hall–Kier alpha value is -3.42. The Morgan fingerprint density at radius 1 is 0.781 bits per heavy atom. The quantitative estimate of drug-likeness (QED) is 0.593. The highest BCUT2D eigenvalue weighted by atomic mass is 16.5. The van der Waals surface area contributed by atoms with Crippen LogP contribution in [-0.2, 0) is 22.7 Å². The molecule has 168 valence electrons. The van der Waals surface area contributed by atoms with Gasteiger partial charge < -0.3 is 14.9 Å². The van der Waals surface area contributed by atoms with Crippen LogP contribution < -0.4 is 4.74 Å². The van der Waals surface area contributed by atoms with Gasteiger partial charge in [-0.05, 0) is 28.5 Å². The Balaban J connectivity index is 0.000000427. The van der Waals surface area contributed by atoms with Gasteiger partial charge in [-0.2, -0.15) is 0 Å². The van der Waals surface area contributed by atoms with E-state index in [-0.39, 0.29) is 0 Å². The van der Waals surface area contributed by atoms with Crippen LogP contribution in [0.2, 0.25) is 0 Å². The number of carboxylic acids is 2. The highest BCUT2D eigenvalue weighted by molar-refractivity contribution is 6.27. The number of carboxylic acid groups (broad SMARTS) is 2. The Morgan fingerprint density at radius 3 is 1.97 bits per heavy atom. The van der Waals surface area contributed by atoms with Crippen LogP contribution >= 0.6 is 0 Å². The van der Waals surface area contributed by atoms with Crippen molar-refractivity contribution in [3.8, 4) is 5.75 Å². The minimum absolute atomic E-state index is 0.966. The summed E-state index contributed by atoms with van der Waals surface area (Å²) in [6.45, 7) is 6.43. The number of methoxy groups -OCH3 is 1. The number of ether oxygens (including phenoxy) is 1. The first-order chi connectivity index (χ1) is 15.5. The van der Waals surface area contributed by atoms with Gasteiger partial charge in [-0.15, -0.1) is 0 Å². The van der Waals surface area contributed by atoms with Gasteiger partial charge in [-0.25, -0.2) is 9.59 Å². The largest absolute Gasteiger partial charge is 0.496 e. The molecule has 0 amide bonds. The van der Waals surface area contributed by atoms with Crippen LogP contribution in [0.15, 0.2) is 66.7 Å². The molecule has 1 heterocycles. The van der Waals surface area contributed by atoms with Crippen molar-refractivity contribution in [3.05, 3.63) is 77.9 Å². The van der Waals surface area contributed by atoms with Crippen LogP contribution in [0, 0.1) is 0 Å². The number of aliphatic carboxylic acids is 2. The van der Waals surface area contributed by atoms with Gasteiger partial charge in [-0.1, -0.05) is 54.6 Å².